The third kappa shape index (κ3) is 4.31. The molecule has 0 atom stereocenters. The number of aromatic nitrogens is 1. The van der Waals surface area contributed by atoms with Crippen LogP contribution < -0.4 is 4.74 Å². The Morgan fingerprint density at radius 3 is 2.70 bits per heavy atom. The Morgan fingerprint density at radius 2 is 2.00 bits per heavy atom. The lowest BCUT2D eigenvalue weighted by Crippen LogP contribution is -2.40. The van der Waals surface area contributed by atoms with Gasteiger partial charge in [0, 0.05) is 24.0 Å². The van der Waals surface area contributed by atoms with Crippen LogP contribution in [0.2, 0.25) is 5.02 Å². The maximum atomic E-state index is 12.7. The number of ether oxygens (including phenoxy) is 1. The minimum absolute atomic E-state index is 0.00771. The zero-order valence-corrected chi connectivity index (χ0v) is 18.4. The lowest BCUT2D eigenvalue weighted by molar-refractivity contribution is -0.134. The number of hydrogen-bond acceptors (Lipinski definition) is 4. The second-order valence-electron chi connectivity index (χ2n) is 8.26. The minimum Gasteiger partial charge on any atom is -0.483 e. The van der Waals surface area contributed by atoms with Crippen molar-refractivity contribution in [3.63, 3.8) is 0 Å². The number of amides is 1. The summed E-state index contributed by atoms with van der Waals surface area (Å²) in [6.45, 7) is 7.52. The van der Waals surface area contributed by atoms with E-state index in [0.29, 0.717) is 13.1 Å². The third-order valence-electron chi connectivity index (χ3n) is 5.77. The van der Waals surface area contributed by atoms with Gasteiger partial charge in [0.15, 0.2) is 18.1 Å². The highest BCUT2D eigenvalue weighted by Gasteiger charge is 2.27. The van der Waals surface area contributed by atoms with Gasteiger partial charge in [0.25, 0.3) is 5.91 Å². The monoisotopic (exact) mass is 426 g/mol. The maximum Gasteiger partial charge on any atom is 0.260 e. The molecule has 1 fully saturated rings. The summed E-state index contributed by atoms with van der Waals surface area (Å²) < 4.78 is 11.8. The Hall–Kier alpha value is -2.53. The molecule has 1 amide bonds. The van der Waals surface area contributed by atoms with Crippen molar-refractivity contribution in [1.82, 2.24) is 9.88 Å². The molecule has 1 aliphatic rings. The molecule has 0 unspecified atom stereocenters. The Labute approximate surface area is 182 Å². The highest BCUT2D eigenvalue weighted by Crippen LogP contribution is 2.33. The molecule has 0 N–H and O–H groups in total. The average Bonchev–Trinajstić information content (AvgIpc) is 3.18. The molecule has 2 aromatic carbocycles. The number of para-hydroxylation sites is 2. The normalized spacial score (nSPS) is 15.2. The quantitative estimate of drug-likeness (QED) is 0.525. The van der Waals surface area contributed by atoms with Gasteiger partial charge in [0.2, 0.25) is 0 Å². The second-order valence-corrected chi connectivity index (χ2v) is 8.66. The first-order valence-corrected chi connectivity index (χ1v) is 10.9. The number of oxazole rings is 1. The van der Waals surface area contributed by atoms with Crippen LogP contribution in [-0.2, 0) is 4.79 Å². The summed E-state index contributed by atoms with van der Waals surface area (Å²) in [5.41, 5.74) is 3.67. The molecule has 1 aromatic heterocycles. The Morgan fingerprint density at radius 1 is 1.27 bits per heavy atom. The summed E-state index contributed by atoms with van der Waals surface area (Å²) in [6.07, 6.45) is 1.69. The Bertz CT molecular complexity index is 1020. The largest absolute Gasteiger partial charge is 0.483 e. The van der Waals surface area contributed by atoms with Crippen molar-refractivity contribution in [3.05, 3.63) is 58.4 Å². The van der Waals surface area contributed by atoms with E-state index in [0.717, 1.165) is 51.7 Å². The van der Waals surface area contributed by atoms with E-state index in [1.54, 1.807) is 0 Å². The van der Waals surface area contributed by atoms with Gasteiger partial charge in [-0.2, -0.15) is 0 Å². The van der Waals surface area contributed by atoms with Crippen LogP contribution in [0.4, 0.5) is 0 Å². The van der Waals surface area contributed by atoms with Crippen LogP contribution in [-0.4, -0.2) is 35.5 Å². The number of piperidine rings is 1. The number of aryl methyl sites for hydroxylation is 1. The number of hydrogen-bond donors (Lipinski definition) is 0. The van der Waals surface area contributed by atoms with Gasteiger partial charge in [-0.05, 0) is 61.1 Å². The van der Waals surface area contributed by atoms with Crippen molar-refractivity contribution >= 4 is 28.6 Å². The molecule has 0 bridgehead atoms. The lowest BCUT2D eigenvalue weighted by Gasteiger charge is -2.30. The van der Waals surface area contributed by atoms with Crippen LogP contribution >= 0.6 is 11.6 Å². The maximum absolute atomic E-state index is 12.7. The van der Waals surface area contributed by atoms with Crippen molar-refractivity contribution in [3.8, 4) is 5.75 Å². The number of carbonyl (C=O) groups is 1. The average molecular weight is 427 g/mol. The molecule has 0 spiro atoms. The first kappa shape index (κ1) is 20.7. The highest BCUT2D eigenvalue weighted by atomic mass is 35.5. The smallest absolute Gasteiger partial charge is 0.260 e. The van der Waals surface area contributed by atoms with E-state index in [9.17, 15) is 4.79 Å². The van der Waals surface area contributed by atoms with Crippen molar-refractivity contribution in [1.29, 1.82) is 0 Å². The van der Waals surface area contributed by atoms with Crippen LogP contribution in [0.25, 0.3) is 11.1 Å². The third-order valence-corrected chi connectivity index (χ3v) is 6.18. The second kappa shape index (κ2) is 8.68. The number of carbonyl (C=O) groups excluding carboxylic acids is 1. The fourth-order valence-corrected chi connectivity index (χ4v) is 4.09. The van der Waals surface area contributed by atoms with Gasteiger partial charge >= 0.3 is 0 Å². The SMILES string of the molecule is Cc1cc(OCC(=O)N2CCC(c3nc4ccccc4o3)CC2)c(C(C)C)cc1Cl. The van der Waals surface area contributed by atoms with Gasteiger partial charge in [0.05, 0.1) is 0 Å². The summed E-state index contributed by atoms with van der Waals surface area (Å²) in [5.74, 6) is 2.03. The van der Waals surface area contributed by atoms with E-state index in [4.69, 9.17) is 20.8 Å². The molecular weight excluding hydrogens is 400 g/mol. The summed E-state index contributed by atoms with van der Waals surface area (Å²) >= 11 is 6.26. The fourth-order valence-electron chi connectivity index (χ4n) is 3.92. The minimum atomic E-state index is 0.00771. The predicted octanol–water partition coefficient (Wildman–Crippen LogP) is 5.70. The molecule has 0 aliphatic carbocycles. The summed E-state index contributed by atoms with van der Waals surface area (Å²) in [7, 11) is 0. The lowest BCUT2D eigenvalue weighted by atomic mass is 9.97. The van der Waals surface area contributed by atoms with E-state index < -0.39 is 0 Å². The summed E-state index contributed by atoms with van der Waals surface area (Å²) in [4.78, 5) is 19.2. The highest BCUT2D eigenvalue weighted by molar-refractivity contribution is 6.31. The molecular formula is C24H27ClN2O3. The van der Waals surface area contributed by atoms with E-state index in [1.165, 1.54) is 0 Å². The molecule has 158 valence electrons. The van der Waals surface area contributed by atoms with E-state index >= 15 is 0 Å². The number of fused-ring (bicyclic) bond motifs is 1. The Balaban J connectivity index is 1.35. The zero-order valence-electron chi connectivity index (χ0n) is 17.7. The first-order valence-electron chi connectivity index (χ1n) is 10.5. The van der Waals surface area contributed by atoms with Gasteiger partial charge in [0.1, 0.15) is 11.3 Å². The van der Waals surface area contributed by atoms with E-state index in [2.05, 4.69) is 18.8 Å². The van der Waals surface area contributed by atoms with E-state index in [1.807, 2.05) is 48.2 Å². The molecule has 5 nitrogen and oxygen atoms in total. The number of halogens is 1. The number of nitrogens with zero attached hydrogens (tertiary/aromatic N) is 2. The van der Waals surface area contributed by atoms with Crippen molar-refractivity contribution in [2.45, 2.75) is 45.4 Å². The number of likely N-dealkylation sites (tertiary alicyclic amines) is 1. The van der Waals surface area contributed by atoms with Gasteiger partial charge in [-0.1, -0.05) is 37.6 Å². The van der Waals surface area contributed by atoms with Crippen molar-refractivity contribution < 1.29 is 13.9 Å². The van der Waals surface area contributed by atoms with Crippen LogP contribution in [0.5, 0.6) is 5.75 Å². The predicted molar refractivity (Wildman–Crippen MR) is 118 cm³/mol. The molecule has 0 saturated carbocycles. The summed E-state index contributed by atoms with van der Waals surface area (Å²) in [5, 5.41) is 0.721. The molecule has 6 heteroatoms. The van der Waals surface area contributed by atoms with Crippen LogP contribution in [0.1, 0.15) is 55.5 Å². The fraction of sp³-hybridized carbons (Fsp3) is 0.417. The molecule has 1 saturated heterocycles. The standard InChI is InChI=1S/C24H27ClN2O3/c1-15(2)18-13-19(25)16(3)12-22(18)29-14-23(28)27-10-8-17(9-11-27)24-26-20-6-4-5-7-21(20)30-24/h4-7,12-13,15,17H,8-11,14H2,1-3H3. The summed E-state index contributed by atoms with van der Waals surface area (Å²) in [6, 6.07) is 11.7. The molecule has 1 aliphatic heterocycles. The first-order chi connectivity index (χ1) is 14.4. The van der Waals surface area contributed by atoms with Gasteiger partial charge in [-0.15, -0.1) is 0 Å². The number of benzene rings is 2. The Kier molecular flexibility index (Phi) is 6.00. The van der Waals surface area contributed by atoms with Gasteiger partial charge < -0.3 is 14.1 Å². The zero-order chi connectivity index (χ0) is 21.3. The van der Waals surface area contributed by atoms with Gasteiger partial charge in [-0.25, -0.2) is 4.98 Å². The molecule has 0 radical (unpaired) electrons. The van der Waals surface area contributed by atoms with Crippen LogP contribution in [0, 0.1) is 6.92 Å². The van der Waals surface area contributed by atoms with Crippen molar-refractivity contribution in [2.75, 3.05) is 19.7 Å². The molecule has 4 rings (SSSR count). The molecule has 3 aromatic rings. The molecule has 2 heterocycles. The topological polar surface area (TPSA) is 55.6 Å². The van der Waals surface area contributed by atoms with E-state index in [-0.39, 0.29) is 24.3 Å². The van der Waals surface area contributed by atoms with Crippen LogP contribution in [0.3, 0.4) is 0 Å². The number of rotatable bonds is 5. The van der Waals surface area contributed by atoms with Gasteiger partial charge in [-0.3, -0.25) is 4.79 Å². The van der Waals surface area contributed by atoms with Crippen LogP contribution in [0.15, 0.2) is 40.8 Å². The molecule has 30 heavy (non-hydrogen) atoms. The van der Waals surface area contributed by atoms with Crippen molar-refractivity contribution in [2.24, 2.45) is 0 Å².